The maximum absolute atomic E-state index is 13.3. The molecule has 2 aromatic heterocycles. The Kier molecular flexibility index (Phi) is 6.03. The second kappa shape index (κ2) is 9.40. The zero-order valence-electron chi connectivity index (χ0n) is 20.0. The molecule has 192 valence electrons. The minimum absolute atomic E-state index is 0.0299. The normalized spacial score (nSPS) is 17.6. The summed E-state index contributed by atoms with van der Waals surface area (Å²) in [6, 6.07) is 13.6. The van der Waals surface area contributed by atoms with E-state index < -0.39 is 11.9 Å². The summed E-state index contributed by atoms with van der Waals surface area (Å²) in [5.41, 5.74) is 3.54. The number of hydrogen-bond acceptors (Lipinski definition) is 5. The SMILES string of the molecule is O=C1CN2C=CC(c3ccc(Cl)cc3)=C(c3ccncc3)C2=NN1Cc1ccc(C(F)(F)F)nc1C1CC1. The third-order valence-electron chi connectivity index (χ3n) is 6.71. The van der Waals surface area contributed by atoms with Crippen LogP contribution in [0.3, 0.4) is 0 Å². The van der Waals surface area contributed by atoms with E-state index in [-0.39, 0.29) is 24.9 Å². The van der Waals surface area contributed by atoms with Gasteiger partial charge in [0.1, 0.15) is 12.2 Å². The van der Waals surface area contributed by atoms with Crippen molar-refractivity contribution in [3.63, 3.8) is 0 Å². The smallest absolute Gasteiger partial charge is 0.322 e. The first-order chi connectivity index (χ1) is 18.3. The summed E-state index contributed by atoms with van der Waals surface area (Å²) < 4.78 is 39.9. The monoisotopic (exact) mass is 535 g/mol. The molecule has 0 spiro atoms. The molecule has 4 heterocycles. The van der Waals surface area contributed by atoms with Gasteiger partial charge in [-0.15, -0.1) is 0 Å². The van der Waals surface area contributed by atoms with Gasteiger partial charge in [-0.25, -0.2) is 9.99 Å². The van der Waals surface area contributed by atoms with Gasteiger partial charge in [0.25, 0.3) is 5.91 Å². The molecule has 3 aromatic rings. The molecule has 10 heteroatoms. The van der Waals surface area contributed by atoms with Crippen LogP contribution in [-0.4, -0.2) is 38.2 Å². The van der Waals surface area contributed by atoms with Gasteiger partial charge in [-0.1, -0.05) is 29.8 Å². The number of benzene rings is 1. The van der Waals surface area contributed by atoms with E-state index in [9.17, 15) is 18.0 Å². The van der Waals surface area contributed by atoms with Gasteiger partial charge in [-0.3, -0.25) is 9.78 Å². The Morgan fingerprint density at radius 1 is 0.974 bits per heavy atom. The number of pyridine rings is 2. The second-order valence-corrected chi connectivity index (χ2v) is 9.80. The van der Waals surface area contributed by atoms with Gasteiger partial charge in [0.05, 0.1) is 6.54 Å². The number of amides is 1. The molecule has 0 bridgehead atoms. The van der Waals surface area contributed by atoms with Gasteiger partial charge in [-0.2, -0.15) is 18.3 Å². The molecule has 0 radical (unpaired) electrons. The molecule has 1 fully saturated rings. The maximum Gasteiger partial charge on any atom is 0.433 e. The Bertz CT molecular complexity index is 1500. The lowest BCUT2D eigenvalue weighted by molar-refractivity contribution is -0.141. The predicted octanol–water partition coefficient (Wildman–Crippen LogP) is 6.12. The van der Waals surface area contributed by atoms with E-state index >= 15 is 0 Å². The third kappa shape index (κ3) is 4.69. The Labute approximate surface area is 221 Å². The number of aromatic nitrogens is 2. The van der Waals surface area contributed by atoms with E-state index in [0.29, 0.717) is 22.1 Å². The Morgan fingerprint density at radius 2 is 1.71 bits per heavy atom. The van der Waals surface area contributed by atoms with Crippen LogP contribution < -0.4 is 0 Å². The number of nitrogens with zero attached hydrogens (tertiary/aromatic N) is 5. The van der Waals surface area contributed by atoms with E-state index in [2.05, 4.69) is 9.97 Å². The maximum atomic E-state index is 13.3. The molecular weight excluding hydrogens is 515 g/mol. The van der Waals surface area contributed by atoms with Crippen molar-refractivity contribution in [3.8, 4) is 0 Å². The first kappa shape index (κ1) is 24.4. The number of hydrogen-bond donors (Lipinski definition) is 0. The van der Waals surface area contributed by atoms with Gasteiger partial charge in [-0.05, 0) is 71.5 Å². The van der Waals surface area contributed by atoms with Crippen LogP contribution in [0.5, 0.6) is 0 Å². The summed E-state index contributed by atoms with van der Waals surface area (Å²) in [5, 5.41) is 6.69. The highest BCUT2D eigenvalue weighted by Crippen LogP contribution is 2.42. The zero-order chi connectivity index (χ0) is 26.4. The van der Waals surface area contributed by atoms with Gasteiger partial charge < -0.3 is 4.90 Å². The highest BCUT2D eigenvalue weighted by atomic mass is 35.5. The fraction of sp³-hybridized carbons (Fsp3) is 0.214. The summed E-state index contributed by atoms with van der Waals surface area (Å²) in [6.45, 7) is 0.0847. The minimum atomic E-state index is -4.53. The number of halogens is 4. The van der Waals surface area contributed by atoms with Gasteiger partial charge >= 0.3 is 6.18 Å². The second-order valence-electron chi connectivity index (χ2n) is 9.36. The largest absolute Gasteiger partial charge is 0.433 e. The van der Waals surface area contributed by atoms with E-state index in [1.54, 1.807) is 17.3 Å². The van der Waals surface area contributed by atoms with Crippen molar-refractivity contribution in [2.45, 2.75) is 31.5 Å². The molecule has 3 aliphatic rings. The molecular formula is C28H21ClF3N5O. The Hall–Kier alpha value is -3.98. The van der Waals surface area contributed by atoms with Crippen LogP contribution in [0.2, 0.25) is 5.02 Å². The summed E-state index contributed by atoms with van der Waals surface area (Å²) in [7, 11) is 0. The third-order valence-corrected chi connectivity index (χ3v) is 6.96. The molecule has 6 nitrogen and oxygen atoms in total. The number of hydrazone groups is 1. The van der Waals surface area contributed by atoms with Crippen molar-refractivity contribution in [2.24, 2.45) is 5.10 Å². The van der Waals surface area contributed by atoms with Crippen LogP contribution in [0, 0.1) is 0 Å². The minimum Gasteiger partial charge on any atom is -0.322 e. The summed E-state index contributed by atoms with van der Waals surface area (Å²) in [6.07, 6.45) is 4.16. The first-order valence-electron chi connectivity index (χ1n) is 12.1. The zero-order valence-corrected chi connectivity index (χ0v) is 20.7. The highest BCUT2D eigenvalue weighted by Gasteiger charge is 2.37. The van der Waals surface area contributed by atoms with Crippen LogP contribution in [0.15, 0.2) is 78.3 Å². The van der Waals surface area contributed by atoms with Gasteiger partial charge in [0.15, 0.2) is 5.84 Å². The van der Waals surface area contributed by atoms with Crippen LogP contribution >= 0.6 is 11.6 Å². The molecule has 0 unspecified atom stereocenters. The molecule has 1 aliphatic carbocycles. The van der Waals surface area contributed by atoms with Crippen molar-refractivity contribution in [3.05, 3.63) is 106 Å². The Balaban J connectivity index is 1.43. The molecule has 1 saturated carbocycles. The Morgan fingerprint density at radius 3 is 2.39 bits per heavy atom. The average Bonchev–Trinajstić information content (AvgIpc) is 3.75. The fourth-order valence-corrected chi connectivity index (χ4v) is 4.80. The fourth-order valence-electron chi connectivity index (χ4n) is 4.68. The van der Waals surface area contributed by atoms with E-state index in [4.69, 9.17) is 16.7 Å². The van der Waals surface area contributed by atoms with Crippen LogP contribution in [0.4, 0.5) is 13.2 Å². The lowest BCUT2D eigenvalue weighted by atomic mass is 9.91. The number of alkyl halides is 3. The first-order valence-corrected chi connectivity index (χ1v) is 12.5. The van der Waals surface area contributed by atoms with Crippen molar-refractivity contribution in [1.82, 2.24) is 19.9 Å². The summed E-state index contributed by atoms with van der Waals surface area (Å²) in [5.74, 6) is 0.276. The summed E-state index contributed by atoms with van der Waals surface area (Å²) in [4.78, 5) is 23.0. The standard InChI is InChI=1S/C28H21ClF3N5O/c29-21-6-3-17(4-7-21)22-11-14-36-16-24(38)37(35-27(36)25(22)18-9-12-33-13-10-18)15-20-5-8-23(28(30,31)32)34-26(20)19-1-2-19/h3-14,19H,1-2,15-16H2. The molecule has 1 amide bonds. The number of carbonyl (C=O) groups is 1. The van der Waals surface area contributed by atoms with Crippen LogP contribution in [0.25, 0.3) is 11.1 Å². The van der Waals surface area contributed by atoms with Crippen LogP contribution in [-0.2, 0) is 17.5 Å². The number of amidine groups is 1. The van der Waals surface area contributed by atoms with Crippen molar-refractivity contribution in [1.29, 1.82) is 0 Å². The van der Waals surface area contributed by atoms with Crippen LogP contribution in [0.1, 0.15) is 46.8 Å². The highest BCUT2D eigenvalue weighted by molar-refractivity contribution is 6.33. The molecule has 2 aliphatic heterocycles. The predicted molar refractivity (Wildman–Crippen MR) is 138 cm³/mol. The molecule has 0 N–H and O–H groups in total. The number of fused-ring (bicyclic) bond motifs is 1. The number of rotatable bonds is 5. The molecule has 0 saturated heterocycles. The summed E-state index contributed by atoms with van der Waals surface area (Å²) >= 11 is 6.11. The molecule has 1 aromatic carbocycles. The van der Waals surface area contributed by atoms with Gasteiger partial charge in [0, 0.05) is 40.8 Å². The molecule has 38 heavy (non-hydrogen) atoms. The average molecular weight is 536 g/mol. The quantitative estimate of drug-likeness (QED) is 0.395. The topological polar surface area (TPSA) is 61.7 Å². The van der Waals surface area contributed by atoms with Crippen molar-refractivity contribution < 1.29 is 18.0 Å². The van der Waals surface area contributed by atoms with Crippen molar-refractivity contribution >= 4 is 34.5 Å². The molecule has 0 atom stereocenters. The van der Waals surface area contributed by atoms with E-state index in [1.807, 2.05) is 48.7 Å². The lowest BCUT2D eigenvalue weighted by Gasteiger charge is -2.35. The number of carbonyl (C=O) groups excluding carboxylic acids is 1. The van der Waals surface area contributed by atoms with Crippen molar-refractivity contribution in [2.75, 3.05) is 6.54 Å². The van der Waals surface area contributed by atoms with E-state index in [0.717, 1.165) is 41.2 Å². The molecule has 6 rings (SSSR count). The van der Waals surface area contributed by atoms with E-state index in [1.165, 1.54) is 11.1 Å². The number of allylic oxidation sites excluding steroid dienone is 2. The van der Waals surface area contributed by atoms with Gasteiger partial charge in [0.2, 0.25) is 0 Å². The lowest BCUT2D eigenvalue weighted by Crippen LogP contribution is -2.46.